The first kappa shape index (κ1) is 13.7. The minimum absolute atomic E-state index is 0.0992. The molecule has 1 atom stereocenters. The van der Waals surface area contributed by atoms with E-state index in [1.165, 1.54) is 17.0 Å². The fourth-order valence-electron chi connectivity index (χ4n) is 2.02. The number of likely N-dealkylation sites (tertiary alicyclic amines) is 1. The van der Waals surface area contributed by atoms with Crippen LogP contribution in [-0.4, -0.2) is 41.8 Å². The van der Waals surface area contributed by atoms with Gasteiger partial charge in [0.1, 0.15) is 11.6 Å². The van der Waals surface area contributed by atoms with Gasteiger partial charge in [-0.2, -0.15) is 0 Å². The molecule has 4 nitrogen and oxygen atoms in total. The van der Waals surface area contributed by atoms with E-state index in [2.05, 4.69) is 5.32 Å². The van der Waals surface area contributed by atoms with E-state index in [-0.39, 0.29) is 18.5 Å². The molecular formula is C13H16F2N2O2. The fourth-order valence-corrected chi connectivity index (χ4v) is 2.02. The van der Waals surface area contributed by atoms with Crippen LogP contribution in [0.15, 0.2) is 18.2 Å². The van der Waals surface area contributed by atoms with Crippen LogP contribution < -0.4 is 5.32 Å². The van der Waals surface area contributed by atoms with Crippen molar-refractivity contribution in [2.75, 3.05) is 19.6 Å². The number of carbonyl (C=O) groups excluding carboxylic acids is 1. The Morgan fingerprint density at radius 2 is 2.21 bits per heavy atom. The number of amides is 2. The maximum Gasteiger partial charge on any atom is 0.317 e. The molecule has 1 aliphatic rings. The van der Waals surface area contributed by atoms with Gasteiger partial charge in [-0.3, -0.25) is 0 Å². The topological polar surface area (TPSA) is 52.6 Å². The Balaban J connectivity index is 1.87. The minimum atomic E-state index is -0.605. The number of carbonyl (C=O) groups is 1. The van der Waals surface area contributed by atoms with E-state index >= 15 is 0 Å². The third kappa shape index (κ3) is 3.20. The molecule has 0 saturated carbocycles. The first-order valence-electron chi connectivity index (χ1n) is 6.13. The maximum atomic E-state index is 13.5. The SMILES string of the molecule is CC(O)CNC(=O)N1CC(c2ccc(F)cc2F)C1. The summed E-state index contributed by atoms with van der Waals surface area (Å²) >= 11 is 0. The Bertz CT molecular complexity index is 474. The number of hydrogen-bond donors (Lipinski definition) is 2. The number of halogens is 2. The molecule has 104 valence electrons. The molecule has 0 spiro atoms. The van der Waals surface area contributed by atoms with Crippen LogP contribution in [0.3, 0.4) is 0 Å². The summed E-state index contributed by atoms with van der Waals surface area (Å²) in [7, 11) is 0. The van der Waals surface area contributed by atoms with Crippen LogP contribution in [0.2, 0.25) is 0 Å². The number of benzene rings is 1. The Morgan fingerprint density at radius 3 is 2.79 bits per heavy atom. The number of urea groups is 1. The second-order valence-corrected chi connectivity index (χ2v) is 4.80. The van der Waals surface area contributed by atoms with Crippen molar-refractivity contribution in [3.05, 3.63) is 35.4 Å². The van der Waals surface area contributed by atoms with Gasteiger partial charge in [-0.15, -0.1) is 0 Å². The molecule has 0 aliphatic carbocycles. The molecule has 0 radical (unpaired) electrons. The van der Waals surface area contributed by atoms with Crippen molar-refractivity contribution in [1.29, 1.82) is 0 Å². The van der Waals surface area contributed by atoms with Gasteiger partial charge in [0.2, 0.25) is 0 Å². The van der Waals surface area contributed by atoms with Crippen LogP contribution in [0.1, 0.15) is 18.4 Å². The molecule has 1 heterocycles. The van der Waals surface area contributed by atoms with E-state index in [4.69, 9.17) is 5.11 Å². The second-order valence-electron chi connectivity index (χ2n) is 4.80. The van der Waals surface area contributed by atoms with Crippen molar-refractivity contribution in [2.45, 2.75) is 18.9 Å². The predicted molar refractivity (Wildman–Crippen MR) is 65.8 cm³/mol. The van der Waals surface area contributed by atoms with E-state index in [0.29, 0.717) is 18.7 Å². The van der Waals surface area contributed by atoms with Gasteiger partial charge in [-0.1, -0.05) is 6.07 Å². The van der Waals surface area contributed by atoms with Crippen LogP contribution in [0, 0.1) is 11.6 Å². The van der Waals surface area contributed by atoms with Crippen LogP contribution in [0.4, 0.5) is 13.6 Å². The molecule has 2 rings (SSSR count). The van der Waals surface area contributed by atoms with E-state index in [1.807, 2.05) is 0 Å². The second kappa shape index (κ2) is 5.52. The maximum absolute atomic E-state index is 13.5. The van der Waals surface area contributed by atoms with E-state index in [1.54, 1.807) is 6.92 Å². The van der Waals surface area contributed by atoms with E-state index < -0.39 is 17.7 Å². The number of nitrogens with one attached hydrogen (secondary N) is 1. The Labute approximate surface area is 110 Å². The normalized spacial score (nSPS) is 16.9. The lowest BCUT2D eigenvalue weighted by Crippen LogP contribution is -2.53. The van der Waals surface area contributed by atoms with E-state index in [0.717, 1.165) is 6.07 Å². The van der Waals surface area contributed by atoms with Gasteiger partial charge in [0.15, 0.2) is 0 Å². The average molecular weight is 270 g/mol. The summed E-state index contributed by atoms with van der Waals surface area (Å²) in [6.45, 7) is 2.56. The van der Waals surface area contributed by atoms with Crippen LogP contribution in [0.5, 0.6) is 0 Å². The zero-order chi connectivity index (χ0) is 14.0. The fraction of sp³-hybridized carbons (Fsp3) is 0.462. The van der Waals surface area contributed by atoms with Crippen LogP contribution in [-0.2, 0) is 0 Å². The molecule has 1 unspecified atom stereocenters. The van der Waals surface area contributed by atoms with Gasteiger partial charge in [-0.25, -0.2) is 13.6 Å². The summed E-state index contributed by atoms with van der Waals surface area (Å²) < 4.78 is 26.3. The molecule has 1 aromatic carbocycles. The summed E-state index contributed by atoms with van der Waals surface area (Å²) in [4.78, 5) is 13.1. The Morgan fingerprint density at radius 1 is 1.53 bits per heavy atom. The lowest BCUT2D eigenvalue weighted by atomic mass is 9.91. The van der Waals surface area contributed by atoms with Crippen molar-refractivity contribution >= 4 is 6.03 Å². The number of aliphatic hydroxyl groups excluding tert-OH is 1. The molecule has 1 fully saturated rings. The highest BCUT2D eigenvalue weighted by Gasteiger charge is 2.33. The van der Waals surface area contributed by atoms with Crippen molar-refractivity contribution in [1.82, 2.24) is 10.2 Å². The minimum Gasteiger partial charge on any atom is -0.392 e. The Kier molecular flexibility index (Phi) is 3.99. The van der Waals surface area contributed by atoms with Gasteiger partial charge in [-0.05, 0) is 18.6 Å². The monoisotopic (exact) mass is 270 g/mol. The number of nitrogens with zero attached hydrogens (tertiary/aromatic N) is 1. The smallest absolute Gasteiger partial charge is 0.317 e. The first-order chi connectivity index (χ1) is 8.97. The largest absolute Gasteiger partial charge is 0.392 e. The van der Waals surface area contributed by atoms with Crippen LogP contribution >= 0.6 is 0 Å². The molecular weight excluding hydrogens is 254 g/mol. The highest BCUT2D eigenvalue weighted by atomic mass is 19.1. The summed E-state index contributed by atoms with van der Waals surface area (Å²) in [5.74, 6) is -1.28. The number of aliphatic hydroxyl groups is 1. The highest BCUT2D eigenvalue weighted by Crippen LogP contribution is 2.29. The average Bonchev–Trinajstić information content (AvgIpc) is 2.27. The molecule has 2 N–H and O–H groups in total. The predicted octanol–water partition coefficient (Wildman–Crippen LogP) is 1.45. The molecule has 1 aromatic rings. The molecule has 1 aliphatic heterocycles. The lowest BCUT2D eigenvalue weighted by Gasteiger charge is -2.39. The van der Waals surface area contributed by atoms with Gasteiger partial charge in [0.05, 0.1) is 6.10 Å². The van der Waals surface area contributed by atoms with Gasteiger partial charge in [0, 0.05) is 31.6 Å². The van der Waals surface area contributed by atoms with Crippen molar-refractivity contribution in [3.8, 4) is 0 Å². The molecule has 6 heteroatoms. The summed E-state index contributed by atoms with van der Waals surface area (Å²) in [5.41, 5.74) is 0.431. The zero-order valence-electron chi connectivity index (χ0n) is 10.6. The molecule has 0 bridgehead atoms. The molecule has 19 heavy (non-hydrogen) atoms. The van der Waals surface area contributed by atoms with Gasteiger partial charge < -0.3 is 15.3 Å². The third-order valence-electron chi connectivity index (χ3n) is 3.12. The summed E-state index contributed by atoms with van der Waals surface area (Å²) in [5, 5.41) is 11.6. The highest BCUT2D eigenvalue weighted by molar-refractivity contribution is 5.75. The standard InChI is InChI=1S/C13H16F2N2O2/c1-8(18)5-16-13(19)17-6-9(7-17)11-3-2-10(14)4-12(11)15/h2-4,8-9,18H,5-7H2,1H3,(H,16,19). The molecule has 2 amide bonds. The van der Waals surface area contributed by atoms with E-state index in [9.17, 15) is 13.6 Å². The van der Waals surface area contributed by atoms with Gasteiger partial charge >= 0.3 is 6.03 Å². The van der Waals surface area contributed by atoms with Crippen LogP contribution in [0.25, 0.3) is 0 Å². The summed E-state index contributed by atoms with van der Waals surface area (Å²) in [6.07, 6.45) is -0.601. The van der Waals surface area contributed by atoms with Crippen molar-refractivity contribution in [3.63, 3.8) is 0 Å². The number of hydrogen-bond acceptors (Lipinski definition) is 2. The molecule has 0 aromatic heterocycles. The zero-order valence-corrected chi connectivity index (χ0v) is 10.6. The summed E-state index contributed by atoms with van der Waals surface area (Å²) in [6, 6.07) is 3.21. The van der Waals surface area contributed by atoms with Gasteiger partial charge in [0.25, 0.3) is 0 Å². The Hall–Kier alpha value is -1.69. The first-order valence-corrected chi connectivity index (χ1v) is 6.13. The van der Waals surface area contributed by atoms with Crippen molar-refractivity contribution < 1.29 is 18.7 Å². The number of rotatable bonds is 3. The quantitative estimate of drug-likeness (QED) is 0.873. The lowest BCUT2D eigenvalue weighted by molar-refractivity contribution is 0.140. The van der Waals surface area contributed by atoms with Crippen molar-refractivity contribution in [2.24, 2.45) is 0 Å². The molecule has 1 saturated heterocycles. The third-order valence-corrected chi connectivity index (χ3v) is 3.12.